The second kappa shape index (κ2) is 6.08. The van der Waals surface area contributed by atoms with Gasteiger partial charge in [0.25, 0.3) is 0 Å². The molecule has 108 valence electrons. The van der Waals surface area contributed by atoms with Gasteiger partial charge in [-0.25, -0.2) is 9.89 Å². The summed E-state index contributed by atoms with van der Waals surface area (Å²) in [6.45, 7) is 12.2. The molecule has 0 aliphatic heterocycles. The molecule has 0 saturated heterocycles. The van der Waals surface area contributed by atoms with Gasteiger partial charge in [-0.15, -0.1) is 0 Å². The van der Waals surface area contributed by atoms with Crippen molar-refractivity contribution < 1.29 is 14.3 Å². The van der Waals surface area contributed by atoms with Gasteiger partial charge in [0.05, 0.1) is 12.8 Å². The van der Waals surface area contributed by atoms with E-state index in [9.17, 15) is 4.79 Å². The molecule has 1 aromatic rings. The third-order valence-electron chi connectivity index (χ3n) is 2.78. The van der Waals surface area contributed by atoms with Crippen molar-refractivity contribution in [3.8, 4) is 5.88 Å². The van der Waals surface area contributed by atoms with Crippen molar-refractivity contribution in [3.05, 3.63) is 11.8 Å². The molecule has 1 unspecified atom stereocenters. The van der Waals surface area contributed by atoms with E-state index >= 15 is 0 Å². The highest BCUT2D eigenvalue weighted by Gasteiger charge is 2.29. The van der Waals surface area contributed by atoms with Gasteiger partial charge in [-0.2, -0.15) is 5.10 Å². The molecule has 0 saturated carbocycles. The van der Waals surface area contributed by atoms with Gasteiger partial charge in [0.2, 0.25) is 5.88 Å². The summed E-state index contributed by atoms with van der Waals surface area (Å²) in [5, 5.41) is 6.82. The van der Waals surface area contributed by atoms with E-state index in [-0.39, 0.29) is 17.3 Å². The average Bonchev–Trinajstić information content (AvgIpc) is 2.73. The summed E-state index contributed by atoms with van der Waals surface area (Å²) in [7, 11) is 0. The van der Waals surface area contributed by atoms with Crippen molar-refractivity contribution >= 4 is 5.97 Å². The maximum absolute atomic E-state index is 11.9. The van der Waals surface area contributed by atoms with Crippen molar-refractivity contribution in [2.75, 3.05) is 6.61 Å². The number of nitrogens with one attached hydrogen (secondary N) is 1. The smallest absolute Gasteiger partial charge is 0.347 e. The van der Waals surface area contributed by atoms with Gasteiger partial charge in [-0.3, -0.25) is 0 Å². The minimum absolute atomic E-state index is 0.0233. The highest BCUT2D eigenvalue weighted by Crippen LogP contribution is 2.30. The quantitative estimate of drug-likeness (QED) is 0.834. The highest BCUT2D eigenvalue weighted by molar-refractivity contribution is 5.75. The first-order valence-electron chi connectivity index (χ1n) is 6.64. The summed E-state index contributed by atoms with van der Waals surface area (Å²) in [5.41, 5.74) is 0.848. The number of nitrogens with zero attached hydrogens (tertiary/aromatic N) is 1. The Balaban J connectivity index is 2.92. The third kappa shape index (κ3) is 3.98. The maximum atomic E-state index is 11.9. The lowest BCUT2D eigenvalue weighted by molar-refractivity contribution is -0.153. The van der Waals surface area contributed by atoms with Crippen LogP contribution in [0.2, 0.25) is 0 Å². The predicted molar refractivity (Wildman–Crippen MR) is 73.2 cm³/mol. The molecule has 1 atom stereocenters. The van der Waals surface area contributed by atoms with Crippen LogP contribution in [0.3, 0.4) is 0 Å². The van der Waals surface area contributed by atoms with Gasteiger partial charge in [-0.1, -0.05) is 34.6 Å². The summed E-state index contributed by atoms with van der Waals surface area (Å²) in [6, 6.07) is 0. The van der Waals surface area contributed by atoms with Crippen LogP contribution >= 0.6 is 0 Å². The van der Waals surface area contributed by atoms with Crippen LogP contribution in [0.25, 0.3) is 0 Å². The van der Waals surface area contributed by atoms with E-state index in [0.29, 0.717) is 12.5 Å². The van der Waals surface area contributed by atoms with Crippen LogP contribution in [-0.4, -0.2) is 28.9 Å². The molecule has 0 aliphatic carbocycles. The Morgan fingerprint density at radius 1 is 1.42 bits per heavy atom. The molecule has 0 fully saturated rings. The molecule has 0 bridgehead atoms. The Morgan fingerprint density at radius 3 is 2.53 bits per heavy atom. The third-order valence-corrected chi connectivity index (χ3v) is 2.78. The molecule has 0 spiro atoms. The van der Waals surface area contributed by atoms with Crippen LogP contribution in [0.4, 0.5) is 0 Å². The van der Waals surface area contributed by atoms with Gasteiger partial charge in [0.15, 0.2) is 6.10 Å². The fraction of sp³-hybridized carbons (Fsp3) is 0.714. The lowest BCUT2D eigenvalue weighted by Crippen LogP contribution is -2.35. The fourth-order valence-electron chi connectivity index (χ4n) is 1.71. The Kier molecular flexibility index (Phi) is 4.97. The van der Waals surface area contributed by atoms with E-state index in [4.69, 9.17) is 9.47 Å². The lowest BCUT2D eigenvalue weighted by Gasteiger charge is -2.23. The summed E-state index contributed by atoms with van der Waals surface area (Å²) < 4.78 is 10.8. The number of hydrogen-bond donors (Lipinski definition) is 1. The summed E-state index contributed by atoms with van der Waals surface area (Å²) in [5.74, 6) is 0.224. The highest BCUT2D eigenvalue weighted by atomic mass is 16.6. The zero-order chi connectivity index (χ0) is 14.6. The van der Waals surface area contributed by atoms with E-state index in [2.05, 4.69) is 31.0 Å². The van der Waals surface area contributed by atoms with Gasteiger partial charge in [-0.05, 0) is 12.3 Å². The number of esters is 1. The molecule has 5 nitrogen and oxygen atoms in total. The molecular weight excluding hydrogens is 244 g/mol. The van der Waals surface area contributed by atoms with E-state index < -0.39 is 6.10 Å². The first kappa shape index (κ1) is 15.5. The minimum Gasteiger partial charge on any atom is -0.463 e. The van der Waals surface area contributed by atoms with Crippen molar-refractivity contribution in [2.45, 2.75) is 53.1 Å². The molecule has 0 radical (unpaired) electrons. The largest absolute Gasteiger partial charge is 0.463 e. The number of carbonyl (C=O) groups is 1. The lowest BCUT2D eigenvalue weighted by atomic mass is 9.89. The van der Waals surface area contributed by atoms with Gasteiger partial charge >= 0.3 is 5.97 Å². The zero-order valence-corrected chi connectivity index (χ0v) is 12.6. The first-order chi connectivity index (χ1) is 8.77. The average molecular weight is 268 g/mol. The van der Waals surface area contributed by atoms with Crippen LogP contribution in [-0.2, 0) is 14.9 Å². The first-order valence-corrected chi connectivity index (χ1v) is 6.64. The number of hydrogen-bond acceptors (Lipinski definition) is 4. The molecule has 0 amide bonds. The zero-order valence-electron chi connectivity index (χ0n) is 12.6. The molecule has 0 aromatic carbocycles. The van der Waals surface area contributed by atoms with Crippen LogP contribution in [0.5, 0.6) is 5.88 Å². The number of rotatable bonds is 5. The SMILES string of the molecule is CCOC(=O)C(Oc1[nH]ncc1C(C)(C)C)C(C)C. The standard InChI is InChI=1S/C14H24N2O3/c1-7-18-13(17)11(9(2)3)19-12-10(8-15-16-12)14(4,5)6/h8-9,11H,7H2,1-6H3,(H,15,16). The van der Waals surface area contributed by atoms with Crippen molar-refractivity contribution in [1.82, 2.24) is 10.2 Å². The molecule has 0 aliphatic rings. The van der Waals surface area contributed by atoms with E-state index in [1.165, 1.54) is 0 Å². The van der Waals surface area contributed by atoms with E-state index in [1.807, 2.05) is 13.8 Å². The van der Waals surface area contributed by atoms with Crippen molar-refractivity contribution in [3.63, 3.8) is 0 Å². The molecular formula is C14H24N2O3. The molecule has 1 N–H and O–H groups in total. The number of ether oxygens (including phenoxy) is 2. The van der Waals surface area contributed by atoms with Crippen LogP contribution in [0.15, 0.2) is 6.20 Å². The number of aromatic amines is 1. The second-order valence-corrected chi connectivity index (χ2v) is 5.90. The van der Waals surface area contributed by atoms with Crippen LogP contribution in [0.1, 0.15) is 47.1 Å². The van der Waals surface area contributed by atoms with Crippen LogP contribution in [0, 0.1) is 5.92 Å². The Morgan fingerprint density at radius 2 is 2.05 bits per heavy atom. The summed E-state index contributed by atoms with van der Waals surface area (Å²) >= 11 is 0. The Bertz CT molecular complexity index is 419. The van der Waals surface area contributed by atoms with Crippen molar-refractivity contribution in [1.29, 1.82) is 0 Å². The molecule has 19 heavy (non-hydrogen) atoms. The van der Waals surface area contributed by atoms with E-state index in [1.54, 1.807) is 13.1 Å². The molecule has 1 rings (SSSR count). The fourth-order valence-corrected chi connectivity index (χ4v) is 1.71. The predicted octanol–water partition coefficient (Wildman–Crippen LogP) is 2.67. The second-order valence-electron chi connectivity index (χ2n) is 5.90. The topological polar surface area (TPSA) is 64.2 Å². The number of carbonyl (C=O) groups excluding carboxylic acids is 1. The van der Waals surface area contributed by atoms with Crippen molar-refractivity contribution in [2.24, 2.45) is 5.92 Å². The van der Waals surface area contributed by atoms with Crippen LogP contribution < -0.4 is 4.74 Å². The van der Waals surface area contributed by atoms with Gasteiger partial charge < -0.3 is 9.47 Å². The monoisotopic (exact) mass is 268 g/mol. The van der Waals surface area contributed by atoms with Gasteiger partial charge in [0.1, 0.15) is 0 Å². The normalized spacial score (nSPS) is 13.4. The minimum atomic E-state index is -0.624. The van der Waals surface area contributed by atoms with E-state index in [0.717, 1.165) is 5.56 Å². The summed E-state index contributed by atoms with van der Waals surface area (Å²) in [4.78, 5) is 11.9. The molecule has 1 heterocycles. The Labute approximate surface area is 114 Å². The molecule has 5 heteroatoms. The Hall–Kier alpha value is -1.52. The number of aromatic nitrogens is 2. The van der Waals surface area contributed by atoms with Gasteiger partial charge in [0, 0.05) is 11.5 Å². The number of H-pyrrole nitrogens is 1. The summed E-state index contributed by atoms with van der Waals surface area (Å²) in [6.07, 6.45) is 1.11. The maximum Gasteiger partial charge on any atom is 0.347 e. The molecule has 1 aromatic heterocycles.